The fourth-order valence-corrected chi connectivity index (χ4v) is 7.87. The van der Waals surface area contributed by atoms with E-state index in [1.807, 2.05) is 6.07 Å². The number of halogens is 2. The van der Waals surface area contributed by atoms with Crippen molar-refractivity contribution in [2.75, 3.05) is 32.2 Å². The molecule has 324 valence electrons. The van der Waals surface area contributed by atoms with Gasteiger partial charge in [-0.1, -0.05) is 128 Å². The number of nitriles is 1. The van der Waals surface area contributed by atoms with Crippen LogP contribution in [0, 0.1) is 11.3 Å². The summed E-state index contributed by atoms with van der Waals surface area (Å²) in [6.45, 7) is 1.59. The third-order valence-corrected chi connectivity index (χ3v) is 11.5. The summed E-state index contributed by atoms with van der Waals surface area (Å²) in [4.78, 5) is 10.6. The van der Waals surface area contributed by atoms with E-state index in [9.17, 15) is 33.7 Å². The fourth-order valence-electron chi connectivity index (χ4n) is 7.10. The number of unbranched alkanes of at least 4 members (excludes halogenated alkanes) is 15. The average molecular weight is 837 g/mol. The van der Waals surface area contributed by atoms with Gasteiger partial charge in [0.25, 0.3) is 6.43 Å². The Labute approximate surface area is 341 Å². The summed E-state index contributed by atoms with van der Waals surface area (Å²) in [5, 5.41) is 36.1. The number of aliphatic hydroxyl groups is 2. The predicted octanol–water partition coefficient (Wildman–Crippen LogP) is 8.69. The molecule has 1 fully saturated rings. The Morgan fingerprint density at radius 1 is 0.897 bits per heavy atom. The summed E-state index contributed by atoms with van der Waals surface area (Å²) in [6, 6.07) is 12.2. The van der Waals surface area contributed by atoms with Gasteiger partial charge in [0.15, 0.2) is 0 Å². The second-order valence-electron chi connectivity index (χ2n) is 15.2. The number of nitrogens with two attached hydrogens (primary N) is 1. The standard InChI is InChI=1S/C42H63F2N4O9P/c1-2-3-4-5-6-7-8-9-10-11-12-13-14-15-16-17-26-53-28-34(54-27-32-18-20-33(21-19-32)41(43)44)29-55-58(51,52)56-30-37-39(49)40(50)42(31-45,57-37)38-23-22-36-35(46)24-25-47-48(36)38/h18-25,34,37,39-41,49-50H,2-17,26-30,46H2,1H3,(H,51,52)/t34-,37-,39-,40-,42+/m1/s1. The first-order chi connectivity index (χ1) is 28.0. The van der Waals surface area contributed by atoms with E-state index in [4.69, 9.17) is 29.0 Å². The molecule has 3 heterocycles. The number of nitrogens with zero attached hydrogens (tertiary/aromatic N) is 3. The number of phosphoric acid groups is 1. The van der Waals surface area contributed by atoms with Crippen LogP contribution in [0.15, 0.2) is 48.7 Å². The molecule has 1 aliphatic rings. The third kappa shape index (κ3) is 14.6. The number of phosphoric ester groups is 1. The molecular formula is C42H63F2N4O9P. The second-order valence-corrected chi connectivity index (χ2v) is 16.6. The highest BCUT2D eigenvalue weighted by atomic mass is 31.2. The van der Waals surface area contributed by atoms with Crippen molar-refractivity contribution in [3.63, 3.8) is 0 Å². The van der Waals surface area contributed by atoms with Gasteiger partial charge in [-0.25, -0.2) is 17.9 Å². The Morgan fingerprint density at radius 3 is 2.09 bits per heavy atom. The highest BCUT2D eigenvalue weighted by Gasteiger charge is 2.58. The Balaban J connectivity index is 1.19. The summed E-state index contributed by atoms with van der Waals surface area (Å²) in [5.74, 6) is 0. The zero-order valence-electron chi connectivity index (χ0n) is 33.8. The van der Waals surface area contributed by atoms with E-state index < -0.39 is 57.5 Å². The third-order valence-electron chi connectivity index (χ3n) is 10.6. The molecule has 0 spiro atoms. The van der Waals surface area contributed by atoms with Crippen LogP contribution in [0.3, 0.4) is 0 Å². The highest BCUT2D eigenvalue weighted by molar-refractivity contribution is 7.47. The maximum absolute atomic E-state index is 13.0. The molecule has 1 saturated heterocycles. The van der Waals surface area contributed by atoms with Crippen LogP contribution in [-0.4, -0.2) is 75.6 Å². The number of ether oxygens (including phenoxy) is 3. The number of rotatable bonds is 30. The van der Waals surface area contributed by atoms with Crippen molar-refractivity contribution >= 4 is 19.0 Å². The molecule has 2 aromatic heterocycles. The first kappa shape index (κ1) is 47.6. The SMILES string of the molecule is CCCCCCCCCCCCCCCCCCOC[C@H](COP(=O)(O)OC[C@H]1O[C@@](C#N)(c2ccc3c(N)ccnn23)[C@H](O)[C@@H]1O)OCc1ccc(C(F)F)cc1. The van der Waals surface area contributed by atoms with E-state index in [-0.39, 0.29) is 24.5 Å². The van der Waals surface area contributed by atoms with Gasteiger partial charge in [0.05, 0.1) is 43.3 Å². The molecule has 0 radical (unpaired) electrons. The molecule has 13 nitrogen and oxygen atoms in total. The smallest absolute Gasteiger partial charge is 0.397 e. The molecule has 5 N–H and O–H groups in total. The lowest BCUT2D eigenvalue weighted by Crippen LogP contribution is -2.41. The molecule has 58 heavy (non-hydrogen) atoms. The lowest BCUT2D eigenvalue weighted by molar-refractivity contribution is -0.0690. The Hall–Kier alpha value is -3.03. The van der Waals surface area contributed by atoms with E-state index in [1.165, 1.54) is 125 Å². The maximum Gasteiger partial charge on any atom is 0.472 e. The minimum absolute atomic E-state index is 0.00169. The van der Waals surface area contributed by atoms with Crippen molar-refractivity contribution in [3.8, 4) is 6.07 Å². The predicted molar refractivity (Wildman–Crippen MR) is 216 cm³/mol. The molecule has 1 aliphatic heterocycles. The number of anilines is 1. The van der Waals surface area contributed by atoms with Gasteiger partial charge in [-0.05, 0) is 30.2 Å². The van der Waals surface area contributed by atoms with Gasteiger partial charge in [-0.2, -0.15) is 10.4 Å². The molecule has 1 aromatic carbocycles. The molecule has 16 heteroatoms. The van der Waals surface area contributed by atoms with Crippen LogP contribution in [0.5, 0.6) is 0 Å². The number of aliphatic hydroxyl groups excluding tert-OH is 2. The molecule has 3 aromatic rings. The Kier molecular flexibility index (Phi) is 20.5. The normalized spacial score (nSPS) is 21.1. The topological polar surface area (TPSA) is 191 Å². The van der Waals surface area contributed by atoms with Crippen molar-refractivity contribution < 1.29 is 51.7 Å². The van der Waals surface area contributed by atoms with Gasteiger partial charge in [-0.15, -0.1) is 0 Å². The van der Waals surface area contributed by atoms with Gasteiger partial charge in [0.2, 0.25) is 5.60 Å². The second kappa shape index (κ2) is 24.9. The van der Waals surface area contributed by atoms with Crippen LogP contribution in [0.1, 0.15) is 133 Å². The molecule has 0 aliphatic carbocycles. The zero-order valence-corrected chi connectivity index (χ0v) is 34.7. The van der Waals surface area contributed by atoms with Crippen LogP contribution >= 0.6 is 7.82 Å². The van der Waals surface area contributed by atoms with Crippen LogP contribution in [0.4, 0.5) is 14.5 Å². The first-order valence-corrected chi connectivity index (χ1v) is 22.4. The summed E-state index contributed by atoms with van der Waals surface area (Å²) in [5.41, 5.74) is 5.30. The number of fused-ring (bicyclic) bond motifs is 1. The van der Waals surface area contributed by atoms with Crippen molar-refractivity contribution in [2.45, 2.75) is 153 Å². The molecule has 0 saturated carbocycles. The Morgan fingerprint density at radius 2 is 1.50 bits per heavy atom. The number of alkyl halides is 2. The van der Waals surface area contributed by atoms with Crippen LogP contribution in [-0.2, 0) is 40.0 Å². The molecule has 1 unspecified atom stereocenters. The van der Waals surface area contributed by atoms with Gasteiger partial charge < -0.3 is 35.1 Å². The van der Waals surface area contributed by atoms with E-state index in [2.05, 4.69) is 12.0 Å². The van der Waals surface area contributed by atoms with Crippen LogP contribution in [0.2, 0.25) is 0 Å². The van der Waals surface area contributed by atoms with E-state index in [1.54, 1.807) is 12.1 Å². The maximum atomic E-state index is 13.0. The molecular weight excluding hydrogens is 773 g/mol. The van der Waals surface area contributed by atoms with Gasteiger partial charge in [0.1, 0.15) is 30.5 Å². The lowest BCUT2D eigenvalue weighted by atomic mass is 9.92. The minimum Gasteiger partial charge on any atom is -0.397 e. The van der Waals surface area contributed by atoms with Crippen LogP contribution < -0.4 is 5.73 Å². The zero-order chi connectivity index (χ0) is 41.8. The monoisotopic (exact) mass is 836 g/mol. The van der Waals surface area contributed by atoms with Crippen molar-refractivity contribution in [3.05, 3.63) is 65.5 Å². The number of hydrogen-bond acceptors (Lipinski definition) is 11. The van der Waals surface area contributed by atoms with Crippen molar-refractivity contribution in [1.82, 2.24) is 9.61 Å². The first-order valence-electron chi connectivity index (χ1n) is 20.9. The molecule has 6 atom stereocenters. The molecule has 0 amide bonds. The molecule has 4 rings (SSSR count). The minimum atomic E-state index is -4.80. The fraction of sp³-hybridized carbons (Fsp3) is 0.667. The van der Waals surface area contributed by atoms with E-state index in [0.717, 1.165) is 19.3 Å². The van der Waals surface area contributed by atoms with Gasteiger partial charge >= 0.3 is 7.82 Å². The Bertz CT molecular complexity index is 1710. The summed E-state index contributed by atoms with van der Waals surface area (Å²) >= 11 is 0. The highest BCUT2D eigenvalue weighted by Crippen LogP contribution is 2.46. The quantitative estimate of drug-likeness (QED) is 0.0370. The van der Waals surface area contributed by atoms with Gasteiger partial charge in [-0.3, -0.25) is 9.05 Å². The number of nitrogen functional groups attached to an aromatic ring is 1. The van der Waals surface area contributed by atoms with Crippen molar-refractivity contribution in [2.24, 2.45) is 0 Å². The number of aromatic nitrogens is 2. The van der Waals surface area contributed by atoms with Crippen molar-refractivity contribution in [1.29, 1.82) is 5.26 Å². The molecule has 0 bridgehead atoms. The number of hydrogen-bond donors (Lipinski definition) is 4. The van der Waals surface area contributed by atoms with E-state index >= 15 is 0 Å². The lowest BCUT2D eigenvalue weighted by Gasteiger charge is -2.24. The average Bonchev–Trinajstić information content (AvgIpc) is 3.76. The van der Waals surface area contributed by atoms with E-state index in [0.29, 0.717) is 23.4 Å². The number of benzene rings is 1. The largest absolute Gasteiger partial charge is 0.472 e. The summed E-state index contributed by atoms with van der Waals surface area (Å²) < 4.78 is 68.4. The summed E-state index contributed by atoms with van der Waals surface area (Å²) in [6.07, 6.45) is 13.2. The van der Waals surface area contributed by atoms with Crippen LogP contribution in [0.25, 0.3) is 5.52 Å². The summed E-state index contributed by atoms with van der Waals surface area (Å²) in [7, 11) is -4.80. The van der Waals surface area contributed by atoms with Gasteiger partial charge in [0, 0.05) is 18.4 Å².